The summed E-state index contributed by atoms with van der Waals surface area (Å²) in [4.78, 5) is 16.5. The van der Waals surface area contributed by atoms with Crippen molar-refractivity contribution in [3.63, 3.8) is 0 Å². The third-order valence-electron chi connectivity index (χ3n) is 4.01. The Morgan fingerprint density at radius 2 is 2.08 bits per heavy atom. The Balaban J connectivity index is 1.71. The summed E-state index contributed by atoms with van der Waals surface area (Å²) in [5.74, 6) is -0.130. The minimum Gasteiger partial charge on any atom is -0.495 e. The van der Waals surface area contributed by atoms with Crippen LogP contribution in [0.1, 0.15) is 28.9 Å². The van der Waals surface area contributed by atoms with Crippen LogP contribution in [-0.2, 0) is 16.4 Å². The lowest BCUT2D eigenvalue weighted by atomic mass is 10.2. The van der Waals surface area contributed by atoms with Gasteiger partial charge in [-0.05, 0) is 43.2 Å². The van der Waals surface area contributed by atoms with E-state index in [1.54, 1.807) is 12.3 Å². The average Bonchev–Trinajstić information content (AvgIpc) is 3.45. The van der Waals surface area contributed by atoms with Crippen molar-refractivity contribution in [2.75, 3.05) is 13.7 Å². The van der Waals surface area contributed by atoms with Crippen molar-refractivity contribution in [1.82, 2.24) is 15.0 Å². The summed E-state index contributed by atoms with van der Waals surface area (Å²) in [6.45, 7) is 0.407. The molecule has 138 valence electrons. The number of sulfonamides is 1. The third kappa shape index (κ3) is 4.59. The summed E-state index contributed by atoms with van der Waals surface area (Å²) in [6.07, 6.45) is 3.95. The van der Waals surface area contributed by atoms with Gasteiger partial charge in [0, 0.05) is 36.5 Å². The molecule has 0 bridgehead atoms. The zero-order valence-corrected chi connectivity index (χ0v) is 15.3. The van der Waals surface area contributed by atoms with E-state index >= 15 is 0 Å². The van der Waals surface area contributed by atoms with Gasteiger partial charge in [0.2, 0.25) is 10.0 Å². The normalized spacial score (nSPS) is 14.0. The first-order valence-electron chi connectivity index (χ1n) is 8.38. The van der Waals surface area contributed by atoms with Gasteiger partial charge in [-0.15, -0.1) is 0 Å². The molecule has 1 saturated carbocycles. The molecule has 3 rings (SSSR count). The van der Waals surface area contributed by atoms with Gasteiger partial charge >= 0.3 is 0 Å². The minimum atomic E-state index is -3.72. The van der Waals surface area contributed by atoms with Crippen LogP contribution in [0.4, 0.5) is 0 Å². The van der Waals surface area contributed by atoms with Gasteiger partial charge in [-0.3, -0.25) is 9.78 Å². The number of carbonyl (C=O) groups excluding carboxylic acids is 1. The number of ether oxygens (including phenoxy) is 1. The molecule has 2 aromatic rings. The molecular weight excluding hydrogens is 354 g/mol. The molecule has 1 aromatic heterocycles. The third-order valence-corrected chi connectivity index (χ3v) is 5.55. The SMILES string of the molecule is COc1ccc(C(=O)NCCc2ccccn2)cc1S(=O)(=O)NC1CC1. The zero-order valence-electron chi connectivity index (χ0n) is 14.4. The predicted octanol–water partition coefficient (Wildman–Crippen LogP) is 1.50. The molecule has 1 fully saturated rings. The van der Waals surface area contributed by atoms with Gasteiger partial charge in [0.1, 0.15) is 10.6 Å². The van der Waals surface area contributed by atoms with Crippen LogP contribution >= 0.6 is 0 Å². The van der Waals surface area contributed by atoms with Crippen LogP contribution in [-0.4, -0.2) is 39.0 Å². The second kappa shape index (κ2) is 7.84. The van der Waals surface area contributed by atoms with Crippen molar-refractivity contribution in [3.05, 3.63) is 53.9 Å². The standard InChI is InChI=1S/C18H21N3O4S/c1-25-16-8-5-13(12-17(16)26(23,24)21-15-6-7-15)18(22)20-11-9-14-4-2-3-10-19-14/h2-5,8,10,12,15,21H,6-7,9,11H2,1H3,(H,20,22). The lowest BCUT2D eigenvalue weighted by Crippen LogP contribution is -2.28. The van der Waals surface area contributed by atoms with Crippen LogP contribution in [0.25, 0.3) is 0 Å². The maximum absolute atomic E-state index is 12.5. The highest BCUT2D eigenvalue weighted by molar-refractivity contribution is 7.89. The quantitative estimate of drug-likeness (QED) is 0.729. The monoisotopic (exact) mass is 375 g/mol. The minimum absolute atomic E-state index is 0.0238. The zero-order chi connectivity index (χ0) is 18.6. The molecule has 7 nitrogen and oxygen atoms in total. The van der Waals surface area contributed by atoms with E-state index in [2.05, 4.69) is 15.0 Å². The molecule has 1 heterocycles. The molecule has 1 aliphatic rings. The Bertz CT molecular complexity index is 881. The van der Waals surface area contributed by atoms with E-state index in [4.69, 9.17) is 4.74 Å². The van der Waals surface area contributed by atoms with Gasteiger partial charge in [-0.25, -0.2) is 13.1 Å². The number of rotatable bonds is 8. The van der Waals surface area contributed by atoms with Gasteiger partial charge in [0.15, 0.2) is 0 Å². The van der Waals surface area contributed by atoms with Crippen LogP contribution in [0.15, 0.2) is 47.5 Å². The summed E-state index contributed by atoms with van der Waals surface area (Å²) in [6, 6.07) is 9.96. The predicted molar refractivity (Wildman–Crippen MR) is 96.6 cm³/mol. The maximum atomic E-state index is 12.5. The van der Waals surface area contributed by atoms with Crippen molar-refractivity contribution in [3.8, 4) is 5.75 Å². The van der Waals surface area contributed by atoms with E-state index in [1.165, 1.54) is 19.2 Å². The van der Waals surface area contributed by atoms with Gasteiger partial charge in [0.05, 0.1) is 7.11 Å². The lowest BCUT2D eigenvalue weighted by molar-refractivity contribution is 0.0954. The fraction of sp³-hybridized carbons (Fsp3) is 0.333. The fourth-order valence-corrected chi connectivity index (χ4v) is 3.96. The molecule has 0 spiro atoms. The molecule has 0 saturated heterocycles. The number of benzene rings is 1. The van der Waals surface area contributed by atoms with E-state index < -0.39 is 10.0 Å². The first kappa shape index (κ1) is 18.3. The molecule has 26 heavy (non-hydrogen) atoms. The van der Waals surface area contributed by atoms with Crippen LogP contribution in [0.5, 0.6) is 5.75 Å². The summed E-state index contributed by atoms with van der Waals surface area (Å²) >= 11 is 0. The number of nitrogens with zero attached hydrogens (tertiary/aromatic N) is 1. The smallest absolute Gasteiger partial charge is 0.251 e. The van der Waals surface area contributed by atoms with Crippen molar-refractivity contribution >= 4 is 15.9 Å². The first-order valence-corrected chi connectivity index (χ1v) is 9.86. The summed E-state index contributed by atoms with van der Waals surface area (Å²) in [5, 5.41) is 2.78. The number of aromatic nitrogens is 1. The summed E-state index contributed by atoms with van der Waals surface area (Å²) in [7, 11) is -2.32. The van der Waals surface area contributed by atoms with Crippen LogP contribution in [0.2, 0.25) is 0 Å². The Labute approximate surface area is 152 Å². The molecule has 8 heteroatoms. The Morgan fingerprint density at radius 3 is 2.73 bits per heavy atom. The molecule has 1 amide bonds. The molecule has 0 aliphatic heterocycles. The molecule has 0 radical (unpaired) electrons. The molecular formula is C18H21N3O4S. The number of amides is 1. The highest BCUT2D eigenvalue weighted by Gasteiger charge is 2.30. The van der Waals surface area contributed by atoms with Crippen LogP contribution in [0, 0.1) is 0 Å². The van der Waals surface area contributed by atoms with E-state index in [1.807, 2.05) is 18.2 Å². The van der Waals surface area contributed by atoms with E-state index in [0.29, 0.717) is 13.0 Å². The molecule has 0 atom stereocenters. The second-order valence-electron chi connectivity index (χ2n) is 6.09. The number of carbonyl (C=O) groups is 1. The Kier molecular flexibility index (Phi) is 5.53. The molecule has 1 aliphatic carbocycles. The lowest BCUT2D eigenvalue weighted by Gasteiger charge is -2.12. The van der Waals surface area contributed by atoms with Crippen molar-refractivity contribution in [1.29, 1.82) is 0 Å². The number of pyridine rings is 1. The average molecular weight is 375 g/mol. The van der Waals surface area contributed by atoms with E-state index in [-0.39, 0.29) is 28.2 Å². The Morgan fingerprint density at radius 1 is 1.27 bits per heavy atom. The second-order valence-corrected chi connectivity index (χ2v) is 7.77. The Hall–Kier alpha value is -2.45. The molecule has 2 N–H and O–H groups in total. The van der Waals surface area contributed by atoms with Crippen molar-refractivity contribution < 1.29 is 17.9 Å². The summed E-state index contributed by atoms with van der Waals surface area (Å²) in [5.41, 5.74) is 1.14. The highest BCUT2D eigenvalue weighted by Crippen LogP contribution is 2.28. The van der Waals surface area contributed by atoms with E-state index in [9.17, 15) is 13.2 Å². The van der Waals surface area contributed by atoms with E-state index in [0.717, 1.165) is 18.5 Å². The highest BCUT2D eigenvalue weighted by atomic mass is 32.2. The van der Waals surface area contributed by atoms with Gasteiger partial charge in [-0.2, -0.15) is 0 Å². The summed E-state index contributed by atoms with van der Waals surface area (Å²) < 4.78 is 32.8. The molecule has 1 aromatic carbocycles. The topological polar surface area (TPSA) is 97.4 Å². The van der Waals surface area contributed by atoms with Crippen LogP contribution < -0.4 is 14.8 Å². The maximum Gasteiger partial charge on any atom is 0.251 e. The van der Waals surface area contributed by atoms with Crippen molar-refractivity contribution in [2.45, 2.75) is 30.2 Å². The fourth-order valence-electron chi connectivity index (χ4n) is 2.46. The number of hydrogen-bond acceptors (Lipinski definition) is 5. The first-order chi connectivity index (χ1) is 12.5. The largest absolute Gasteiger partial charge is 0.495 e. The number of hydrogen-bond donors (Lipinski definition) is 2. The van der Waals surface area contributed by atoms with Crippen molar-refractivity contribution in [2.24, 2.45) is 0 Å². The van der Waals surface area contributed by atoms with Gasteiger partial charge in [-0.1, -0.05) is 6.07 Å². The molecule has 0 unspecified atom stereocenters. The van der Waals surface area contributed by atoms with Crippen LogP contribution in [0.3, 0.4) is 0 Å². The van der Waals surface area contributed by atoms with Gasteiger partial charge in [0.25, 0.3) is 5.91 Å². The number of methoxy groups -OCH3 is 1. The number of nitrogens with one attached hydrogen (secondary N) is 2. The van der Waals surface area contributed by atoms with Gasteiger partial charge < -0.3 is 10.1 Å².